The van der Waals surface area contributed by atoms with Crippen molar-refractivity contribution < 1.29 is 9.59 Å². The van der Waals surface area contributed by atoms with Gasteiger partial charge in [-0.2, -0.15) is 5.10 Å². The summed E-state index contributed by atoms with van der Waals surface area (Å²) in [6.45, 7) is 5.19. The normalized spacial score (nSPS) is 16.6. The summed E-state index contributed by atoms with van der Waals surface area (Å²) in [5.74, 6) is -0.269. The lowest BCUT2D eigenvalue weighted by Crippen LogP contribution is -2.48. The number of aromatic nitrogens is 2. The molecule has 36 heavy (non-hydrogen) atoms. The van der Waals surface area contributed by atoms with Gasteiger partial charge in [0.2, 0.25) is 0 Å². The van der Waals surface area contributed by atoms with Gasteiger partial charge in [-0.3, -0.25) is 19.2 Å². The molecule has 0 spiro atoms. The number of hydrogen-bond acceptors (Lipinski definition) is 4. The Balaban J connectivity index is 1.17. The fraction of sp³-hybridized carbons (Fsp3) is 0.296. The number of carbonyl (C=O) groups excluding carboxylic acids is 2. The van der Waals surface area contributed by atoms with Crippen LogP contribution in [0.2, 0.25) is 10.0 Å². The SMILES string of the molecule is O=C(c1cc2n(n1)CCN(Cc1ccc(Cl)c(Cl)c1)C2=O)N1CCN(C/C=C/c2ccccc2)CC1. The van der Waals surface area contributed by atoms with Gasteiger partial charge in [0.25, 0.3) is 11.8 Å². The summed E-state index contributed by atoms with van der Waals surface area (Å²) in [7, 11) is 0. The lowest BCUT2D eigenvalue weighted by molar-refractivity contribution is 0.0639. The van der Waals surface area contributed by atoms with E-state index in [-0.39, 0.29) is 11.8 Å². The molecule has 0 saturated carbocycles. The Morgan fingerprint density at radius 3 is 2.44 bits per heavy atom. The Labute approximate surface area is 220 Å². The average molecular weight is 524 g/mol. The Morgan fingerprint density at radius 2 is 1.69 bits per heavy atom. The quantitative estimate of drug-likeness (QED) is 0.482. The van der Waals surface area contributed by atoms with Gasteiger partial charge in [0.1, 0.15) is 5.69 Å². The molecule has 186 valence electrons. The first-order valence-electron chi connectivity index (χ1n) is 12.0. The van der Waals surface area contributed by atoms with Crippen LogP contribution in [-0.4, -0.2) is 75.6 Å². The van der Waals surface area contributed by atoms with E-state index in [9.17, 15) is 9.59 Å². The third kappa shape index (κ3) is 5.48. The van der Waals surface area contributed by atoms with Crippen LogP contribution < -0.4 is 0 Å². The highest BCUT2D eigenvalue weighted by Gasteiger charge is 2.30. The number of amides is 2. The summed E-state index contributed by atoms with van der Waals surface area (Å²) < 4.78 is 1.64. The molecule has 2 amide bonds. The Hall–Kier alpha value is -3.13. The minimum atomic E-state index is -0.145. The van der Waals surface area contributed by atoms with Crippen LogP contribution in [0.3, 0.4) is 0 Å². The maximum absolute atomic E-state index is 13.1. The van der Waals surface area contributed by atoms with Crippen molar-refractivity contribution in [1.29, 1.82) is 0 Å². The molecule has 3 heterocycles. The van der Waals surface area contributed by atoms with Gasteiger partial charge in [-0.15, -0.1) is 0 Å². The lowest BCUT2D eigenvalue weighted by Gasteiger charge is -2.33. The van der Waals surface area contributed by atoms with Gasteiger partial charge in [0.15, 0.2) is 5.69 Å². The minimum Gasteiger partial charge on any atom is -0.335 e. The van der Waals surface area contributed by atoms with Crippen molar-refractivity contribution in [2.24, 2.45) is 0 Å². The van der Waals surface area contributed by atoms with E-state index >= 15 is 0 Å². The first kappa shape index (κ1) is 24.6. The fourth-order valence-corrected chi connectivity index (χ4v) is 4.87. The average Bonchev–Trinajstić information content (AvgIpc) is 3.34. The number of halogens is 2. The molecule has 1 aromatic heterocycles. The summed E-state index contributed by atoms with van der Waals surface area (Å²) in [5, 5.41) is 5.40. The summed E-state index contributed by atoms with van der Waals surface area (Å²) in [5.41, 5.74) is 2.85. The lowest BCUT2D eigenvalue weighted by atomic mass is 10.2. The number of carbonyl (C=O) groups is 2. The maximum atomic E-state index is 13.1. The monoisotopic (exact) mass is 523 g/mol. The van der Waals surface area contributed by atoms with Gasteiger partial charge in [-0.25, -0.2) is 0 Å². The highest BCUT2D eigenvalue weighted by atomic mass is 35.5. The second-order valence-corrected chi connectivity index (χ2v) is 9.83. The molecule has 0 N–H and O–H groups in total. The molecule has 2 aromatic carbocycles. The highest BCUT2D eigenvalue weighted by Crippen LogP contribution is 2.24. The van der Waals surface area contributed by atoms with Crippen molar-refractivity contribution in [1.82, 2.24) is 24.5 Å². The van der Waals surface area contributed by atoms with E-state index in [1.54, 1.807) is 27.8 Å². The molecule has 1 fully saturated rings. The van der Waals surface area contributed by atoms with E-state index in [1.165, 1.54) is 5.56 Å². The van der Waals surface area contributed by atoms with Gasteiger partial charge < -0.3 is 9.80 Å². The minimum absolute atomic E-state index is 0.125. The van der Waals surface area contributed by atoms with Crippen LogP contribution in [0.4, 0.5) is 0 Å². The highest BCUT2D eigenvalue weighted by molar-refractivity contribution is 6.42. The third-order valence-corrected chi connectivity index (χ3v) is 7.32. The zero-order valence-electron chi connectivity index (χ0n) is 19.8. The largest absolute Gasteiger partial charge is 0.335 e. The molecule has 0 atom stereocenters. The Morgan fingerprint density at radius 1 is 0.917 bits per heavy atom. The van der Waals surface area contributed by atoms with Crippen molar-refractivity contribution in [2.75, 3.05) is 39.3 Å². The fourth-order valence-electron chi connectivity index (χ4n) is 4.55. The van der Waals surface area contributed by atoms with Crippen LogP contribution >= 0.6 is 23.2 Å². The number of fused-ring (bicyclic) bond motifs is 1. The number of nitrogens with zero attached hydrogens (tertiary/aromatic N) is 5. The van der Waals surface area contributed by atoms with Gasteiger partial charge in [0, 0.05) is 51.9 Å². The van der Waals surface area contributed by atoms with Gasteiger partial charge >= 0.3 is 0 Å². The number of benzene rings is 2. The standard InChI is InChI=1S/C27H27Cl2N5O2/c28-22-9-8-21(17-23(22)29)19-33-15-16-34-25(27(33)36)18-24(30-34)26(35)32-13-11-31(12-14-32)10-4-7-20-5-2-1-3-6-20/h1-9,17-18H,10-16,19H2/b7-4+. The van der Waals surface area contributed by atoms with E-state index in [0.29, 0.717) is 54.2 Å². The molecule has 1 saturated heterocycles. The first-order valence-corrected chi connectivity index (χ1v) is 12.8. The molecule has 2 aliphatic heterocycles. The zero-order chi connectivity index (χ0) is 25.1. The van der Waals surface area contributed by atoms with Crippen LogP contribution in [0, 0.1) is 0 Å². The van der Waals surface area contributed by atoms with Crippen LogP contribution in [0.25, 0.3) is 6.08 Å². The molecule has 2 aliphatic rings. The molecule has 7 nitrogen and oxygen atoms in total. The second-order valence-electron chi connectivity index (χ2n) is 9.02. The van der Waals surface area contributed by atoms with Gasteiger partial charge in [-0.1, -0.05) is 71.8 Å². The molecule has 0 bridgehead atoms. The molecule has 9 heteroatoms. The van der Waals surface area contributed by atoms with E-state index in [1.807, 2.05) is 29.2 Å². The van der Waals surface area contributed by atoms with Crippen molar-refractivity contribution in [3.05, 3.63) is 93.2 Å². The van der Waals surface area contributed by atoms with E-state index in [4.69, 9.17) is 23.2 Å². The smallest absolute Gasteiger partial charge is 0.274 e. The van der Waals surface area contributed by atoms with Crippen molar-refractivity contribution in [3.8, 4) is 0 Å². The Bertz CT molecular complexity index is 1280. The number of hydrogen-bond donors (Lipinski definition) is 0. The van der Waals surface area contributed by atoms with Crippen molar-refractivity contribution >= 4 is 41.1 Å². The molecule has 3 aromatic rings. The van der Waals surface area contributed by atoms with Crippen LogP contribution in [0.15, 0.2) is 60.7 Å². The third-order valence-electron chi connectivity index (χ3n) is 6.58. The maximum Gasteiger partial charge on any atom is 0.274 e. The summed E-state index contributed by atoms with van der Waals surface area (Å²) in [6, 6.07) is 17.2. The zero-order valence-corrected chi connectivity index (χ0v) is 21.3. The molecule has 0 radical (unpaired) electrons. The van der Waals surface area contributed by atoms with Gasteiger partial charge in [-0.05, 0) is 23.3 Å². The Kier molecular flexibility index (Phi) is 7.41. The molecule has 0 aliphatic carbocycles. The topological polar surface area (TPSA) is 61.7 Å². The first-order chi connectivity index (χ1) is 17.5. The predicted molar refractivity (Wildman–Crippen MR) is 141 cm³/mol. The van der Waals surface area contributed by atoms with Crippen molar-refractivity contribution in [3.63, 3.8) is 0 Å². The molecular weight excluding hydrogens is 497 g/mol. The predicted octanol–water partition coefficient (Wildman–Crippen LogP) is 4.32. The van der Waals surface area contributed by atoms with E-state index in [2.05, 4.69) is 34.3 Å². The van der Waals surface area contributed by atoms with Crippen LogP contribution in [0.1, 0.15) is 32.1 Å². The van der Waals surface area contributed by atoms with Crippen LogP contribution in [0.5, 0.6) is 0 Å². The molecule has 0 unspecified atom stereocenters. The number of rotatable bonds is 6. The van der Waals surface area contributed by atoms with E-state index < -0.39 is 0 Å². The van der Waals surface area contributed by atoms with Crippen LogP contribution in [-0.2, 0) is 13.1 Å². The molecule has 5 rings (SSSR count). The second kappa shape index (κ2) is 10.9. The van der Waals surface area contributed by atoms with E-state index in [0.717, 1.165) is 25.2 Å². The van der Waals surface area contributed by atoms with Gasteiger partial charge in [0.05, 0.1) is 16.6 Å². The van der Waals surface area contributed by atoms with Crippen molar-refractivity contribution in [2.45, 2.75) is 13.1 Å². The number of piperazine rings is 1. The summed E-state index contributed by atoms with van der Waals surface area (Å²) in [6.07, 6.45) is 4.28. The summed E-state index contributed by atoms with van der Waals surface area (Å²) >= 11 is 12.1. The molecular formula is C27H27Cl2N5O2. The summed E-state index contributed by atoms with van der Waals surface area (Å²) in [4.78, 5) is 32.1.